The van der Waals surface area contributed by atoms with Gasteiger partial charge in [-0.25, -0.2) is 8.42 Å². The lowest BCUT2D eigenvalue weighted by molar-refractivity contribution is 0.101. The lowest BCUT2D eigenvalue weighted by Gasteiger charge is -2.24. The van der Waals surface area contributed by atoms with E-state index in [2.05, 4.69) is 0 Å². The van der Waals surface area contributed by atoms with Gasteiger partial charge in [0, 0.05) is 18.7 Å². The van der Waals surface area contributed by atoms with Gasteiger partial charge >= 0.3 is 0 Å². The van der Waals surface area contributed by atoms with E-state index in [0.717, 1.165) is 30.6 Å². The summed E-state index contributed by atoms with van der Waals surface area (Å²) in [5.74, 6) is 0.793. The molecule has 1 aliphatic rings. The summed E-state index contributed by atoms with van der Waals surface area (Å²) in [4.78, 5) is 11.8. The molecule has 1 aliphatic heterocycles. The van der Waals surface area contributed by atoms with Gasteiger partial charge in [0.15, 0.2) is 5.78 Å². The molecule has 0 amide bonds. The predicted molar refractivity (Wildman–Crippen MR) is 105 cm³/mol. The number of ketones is 1. The monoisotopic (exact) mass is 387 g/mol. The Morgan fingerprint density at radius 2 is 1.85 bits per heavy atom. The number of methoxy groups -OCH3 is 1. The molecule has 0 spiro atoms. The third-order valence-corrected chi connectivity index (χ3v) is 6.96. The number of benzene rings is 2. The average molecular weight is 388 g/mol. The van der Waals surface area contributed by atoms with E-state index in [1.54, 1.807) is 29.6 Å². The maximum absolute atomic E-state index is 13.2. The van der Waals surface area contributed by atoms with E-state index < -0.39 is 10.0 Å². The predicted octanol–water partition coefficient (Wildman–Crippen LogP) is 3.86. The van der Waals surface area contributed by atoms with Crippen molar-refractivity contribution in [3.05, 3.63) is 59.7 Å². The molecule has 5 nitrogen and oxygen atoms in total. The van der Waals surface area contributed by atoms with Gasteiger partial charge in [-0.2, -0.15) is 4.31 Å². The Bertz CT molecular complexity index is 906. The average Bonchev–Trinajstić information content (AvgIpc) is 2.95. The first kappa shape index (κ1) is 19.6. The largest absolute Gasteiger partial charge is 0.497 e. The minimum atomic E-state index is -3.64. The number of carbonyl (C=O) groups is 1. The quantitative estimate of drug-likeness (QED) is 0.731. The smallest absolute Gasteiger partial charge is 0.243 e. The summed E-state index contributed by atoms with van der Waals surface area (Å²) in [6.45, 7) is 2.38. The zero-order chi connectivity index (χ0) is 19.4. The van der Waals surface area contributed by atoms with Crippen molar-refractivity contribution < 1.29 is 17.9 Å². The second-order valence-electron chi connectivity index (χ2n) is 6.91. The van der Waals surface area contributed by atoms with Crippen LogP contribution >= 0.6 is 0 Å². The van der Waals surface area contributed by atoms with Crippen LogP contribution in [0.1, 0.15) is 48.0 Å². The van der Waals surface area contributed by atoms with E-state index in [1.807, 2.05) is 24.3 Å². The van der Waals surface area contributed by atoms with Crippen molar-refractivity contribution in [2.75, 3.05) is 20.2 Å². The second kappa shape index (κ2) is 8.23. The lowest BCUT2D eigenvalue weighted by Crippen LogP contribution is -2.34. The number of hydrogen-bond acceptors (Lipinski definition) is 4. The first-order valence-corrected chi connectivity index (χ1v) is 10.6. The molecule has 27 heavy (non-hydrogen) atoms. The molecule has 1 unspecified atom stereocenters. The highest BCUT2D eigenvalue weighted by Gasteiger charge is 2.29. The van der Waals surface area contributed by atoms with Crippen molar-refractivity contribution >= 4 is 15.8 Å². The number of ether oxygens (including phenoxy) is 1. The fourth-order valence-electron chi connectivity index (χ4n) is 3.50. The van der Waals surface area contributed by atoms with Crippen LogP contribution in [0.25, 0.3) is 0 Å². The Kier molecular flexibility index (Phi) is 5.97. The SMILES string of the molecule is COc1ccc(C2CCCCN(S(=O)(=O)c3cccc(C(C)=O)c3)C2)cc1. The molecule has 0 saturated carbocycles. The lowest BCUT2D eigenvalue weighted by atomic mass is 9.94. The van der Waals surface area contributed by atoms with Crippen molar-refractivity contribution in [1.82, 2.24) is 4.31 Å². The number of hydrogen-bond donors (Lipinski definition) is 0. The molecule has 0 radical (unpaired) electrons. The maximum Gasteiger partial charge on any atom is 0.243 e. The molecule has 2 aromatic rings. The van der Waals surface area contributed by atoms with Gasteiger partial charge in [0.1, 0.15) is 5.75 Å². The van der Waals surface area contributed by atoms with Crippen LogP contribution in [0.2, 0.25) is 0 Å². The van der Waals surface area contributed by atoms with Crippen molar-refractivity contribution in [2.24, 2.45) is 0 Å². The Morgan fingerprint density at radius 3 is 2.52 bits per heavy atom. The third-order valence-electron chi connectivity index (χ3n) is 5.10. The Hall–Kier alpha value is -2.18. The van der Waals surface area contributed by atoms with Gasteiger partial charge in [0.05, 0.1) is 12.0 Å². The van der Waals surface area contributed by atoms with E-state index >= 15 is 0 Å². The number of sulfonamides is 1. The van der Waals surface area contributed by atoms with E-state index in [-0.39, 0.29) is 16.6 Å². The molecule has 0 N–H and O–H groups in total. The minimum absolute atomic E-state index is 0.140. The standard InChI is InChI=1S/C21H25NO4S/c1-16(23)18-7-5-8-21(14-18)27(24,25)22-13-4-3-6-19(15-22)17-9-11-20(26-2)12-10-17/h5,7-12,14,19H,3-4,6,13,15H2,1-2H3. The van der Waals surface area contributed by atoms with Crippen LogP contribution in [-0.2, 0) is 10.0 Å². The highest BCUT2D eigenvalue weighted by atomic mass is 32.2. The molecule has 6 heteroatoms. The summed E-state index contributed by atoms with van der Waals surface area (Å²) in [7, 11) is -2.01. The van der Waals surface area contributed by atoms with Crippen LogP contribution in [0, 0.1) is 0 Å². The summed E-state index contributed by atoms with van der Waals surface area (Å²) in [5, 5.41) is 0. The molecule has 3 rings (SSSR count). The van der Waals surface area contributed by atoms with Gasteiger partial charge in [-0.05, 0) is 55.5 Å². The first-order valence-electron chi connectivity index (χ1n) is 9.17. The highest BCUT2D eigenvalue weighted by molar-refractivity contribution is 7.89. The molecule has 2 aromatic carbocycles. The molecule has 0 aliphatic carbocycles. The van der Waals surface area contributed by atoms with Gasteiger partial charge in [-0.15, -0.1) is 0 Å². The fraction of sp³-hybridized carbons (Fsp3) is 0.381. The molecule has 144 valence electrons. The first-order chi connectivity index (χ1) is 12.9. The third kappa shape index (κ3) is 4.39. The fourth-order valence-corrected chi connectivity index (χ4v) is 5.07. The molecular weight excluding hydrogens is 362 g/mol. The number of Topliss-reactive ketones (excluding diaryl/α,β-unsaturated/α-hetero) is 1. The van der Waals surface area contributed by atoms with Crippen LogP contribution in [0.5, 0.6) is 5.75 Å². The zero-order valence-electron chi connectivity index (χ0n) is 15.7. The van der Waals surface area contributed by atoms with Gasteiger partial charge < -0.3 is 4.74 Å². The topological polar surface area (TPSA) is 63.7 Å². The Labute approximate surface area is 161 Å². The zero-order valence-corrected chi connectivity index (χ0v) is 16.5. The molecule has 1 saturated heterocycles. The second-order valence-corrected chi connectivity index (χ2v) is 8.85. The Morgan fingerprint density at radius 1 is 1.11 bits per heavy atom. The molecule has 1 heterocycles. The van der Waals surface area contributed by atoms with Crippen LogP contribution in [0.3, 0.4) is 0 Å². The molecular formula is C21H25NO4S. The van der Waals surface area contributed by atoms with Crippen LogP contribution in [-0.4, -0.2) is 38.7 Å². The van der Waals surface area contributed by atoms with Crippen LogP contribution in [0.4, 0.5) is 0 Å². The molecule has 1 fully saturated rings. The van der Waals surface area contributed by atoms with Crippen molar-refractivity contribution in [3.63, 3.8) is 0 Å². The number of rotatable bonds is 5. The molecule has 0 aromatic heterocycles. The summed E-state index contributed by atoms with van der Waals surface area (Å²) >= 11 is 0. The summed E-state index contributed by atoms with van der Waals surface area (Å²) in [5.41, 5.74) is 1.54. The highest BCUT2D eigenvalue weighted by Crippen LogP contribution is 2.30. The van der Waals surface area contributed by atoms with Gasteiger partial charge in [0.2, 0.25) is 10.0 Å². The van der Waals surface area contributed by atoms with Gasteiger partial charge in [-0.3, -0.25) is 4.79 Å². The van der Waals surface area contributed by atoms with Gasteiger partial charge in [-0.1, -0.05) is 30.7 Å². The molecule has 0 bridgehead atoms. The van der Waals surface area contributed by atoms with E-state index in [1.165, 1.54) is 13.0 Å². The number of carbonyl (C=O) groups excluding carboxylic acids is 1. The minimum Gasteiger partial charge on any atom is -0.497 e. The molecule has 1 atom stereocenters. The Balaban J connectivity index is 1.87. The van der Waals surface area contributed by atoms with Crippen LogP contribution in [0.15, 0.2) is 53.4 Å². The van der Waals surface area contributed by atoms with Crippen molar-refractivity contribution in [3.8, 4) is 5.75 Å². The van der Waals surface area contributed by atoms with Gasteiger partial charge in [0.25, 0.3) is 0 Å². The normalized spacial score (nSPS) is 18.7. The van der Waals surface area contributed by atoms with Crippen molar-refractivity contribution in [2.45, 2.75) is 37.0 Å². The van der Waals surface area contributed by atoms with E-state index in [0.29, 0.717) is 18.7 Å². The van der Waals surface area contributed by atoms with E-state index in [4.69, 9.17) is 4.74 Å². The summed E-state index contributed by atoms with van der Waals surface area (Å²) in [6.07, 6.45) is 2.76. The van der Waals surface area contributed by atoms with E-state index in [9.17, 15) is 13.2 Å². The van der Waals surface area contributed by atoms with Crippen LogP contribution < -0.4 is 4.74 Å². The summed E-state index contributed by atoms with van der Waals surface area (Å²) < 4.78 is 33.1. The summed E-state index contributed by atoms with van der Waals surface area (Å²) in [6, 6.07) is 14.2. The number of nitrogens with zero attached hydrogens (tertiary/aromatic N) is 1. The van der Waals surface area contributed by atoms with Crippen molar-refractivity contribution in [1.29, 1.82) is 0 Å². The maximum atomic E-state index is 13.2.